The molecule has 1 heterocycles. The van der Waals surface area contributed by atoms with Crippen LogP contribution in [0.2, 0.25) is 0 Å². The topological polar surface area (TPSA) is 35.5 Å². The zero-order valence-corrected chi connectivity index (χ0v) is 11.8. The van der Waals surface area contributed by atoms with Crippen LogP contribution >= 0.6 is 0 Å². The second-order valence-corrected chi connectivity index (χ2v) is 5.20. The number of rotatable bonds is 3. The van der Waals surface area contributed by atoms with Crippen LogP contribution in [0.15, 0.2) is 60.7 Å². The molecule has 1 unspecified atom stereocenters. The summed E-state index contributed by atoms with van der Waals surface area (Å²) in [5, 5.41) is 0. The second kappa shape index (κ2) is 6.00. The number of esters is 1. The average Bonchev–Trinajstić information content (AvgIpc) is 2.72. The zero-order chi connectivity index (χ0) is 14.5. The highest BCUT2D eigenvalue weighted by molar-refractivity contribution is 5.82. The van der Waals surface area contributed by atoms with Crippen LogP contribution < -0.4 is 4.74 Å². The number of ether oxygens (including phenoxy) is 2. The van der Waals surface area contributed by atoms with Crippen molar-refractivity contribution in [1.82, 2.24) is 0 Å². The third kappa shape index (κ3) is 2.77. The number of para-hydroxylation sites is 1. The van der Waals surface area contributed by atoms with Crippen LogP contribution in [0, 0.1) is 0 Å². The summed E-state index contributed by atoms with van der Waals surface area (Å²) < 4.78 is 11.5. The standard InChI is InChI=1S/C18H18O3/c19-17-18(13-7-8-14-20-17,15-9-3-1-4-10-15)21-16-11-5-2-6-12-16/h1-6,9-12H,7-8,13-14H2. The highest BCUT2D eigenvalue weighted by Gasteiger charge is 2.45. The normalized spacial score (nSPS) is 22.2. The van der Waals surface area contributed by atoms with E-state index in [1.54, 1.807) is 0 Å². The molecule has 0 aromatic heterocycles. The van der Waals surface area contributed by atoms with E-state index < -0.39 is 5.60 Å². The molecule has 0 spiro atoms. The maximum Gasteiger partial charge on any atom is 0.355 e. The smallest absolute Gasteiger partial charge is 0.355 e. The van der Waals surface area contributed by atoms with Gasteiger partial charge in [0.2, 0.25) is 5.60 Å². The fourth-order valence-corrected chi connectivity index (χ4v) is 2.67. The van der Waals surface area contributed by atoms with Gasteiger partial charge in [-0.25, -0.2) is 4.79 Å². The minimum atomic E-state index is -1.04. The van der Waals surface area contributed by atoms with E-state index in [4.69, 9.17) is 9.47 Å². The van der Waals surface area contributed by atoms with Crippen molar-refractivity contribution in [1.29, 1.82) is 0 Å². The van der Waals surface area contributed by atoms with Gasteiger partial charge in [0.15, 0.2) is 0 Å². The molecule has 2 aromatic carbocycles. The van der Waals surface area contributed by atoms with E-state index in [2.05, 4.69) is 0 Å². The molecule has 2 aromatic rings. The Morgan fingerprint density at radius 3 is 2.29 bits per heavy atom. The van der Waals surface area contributed by atoms with Crippen LogP contribution in [0.25, 0.3) is 0 Å². The molecule has 1 saturated heterocycles. The van der Waals surface area contributed by atoms with E-state index in [1.807, 2.05) is 60.7 Å². The molecule has 3 heteroatoms. The Labute approximate surface area is 124 Å². The lowest BCUT2D eigenvalue weighted by Gasteiger charge is -2.31. The number of benzene rings is 2. The molecule has 3 nitrogen and oxygen atoms in total. The summed E-state index contributed by atoms with van der Waals surface area (Å²) in [6, 6.07) is 19.1. The third-order valence-corrected chi connectivity index (χ3v) is 3.76. The SMILES string of the molecule is O=C1OCCCCC1(Oc1ccccc1)c1ccccc1. The van der Waals surface area contributed by atoms with Crippen LogP contribution in [0.3, 0.4) is 0 Å². The summed E-state index contributed by atoms with van der Waals surface area (Å²) in [6.45, 7) is 0.464. The number of carbonyl (C=O) groups excluding carboxylic acids is 1. The quantitative estimate of drug-likeness (QED) is 0.805. The van der Waals surface area contributed by atoms with Crippen molar-refractivity contribution < 1.29 is 14.3 Å². The Bertz CT molecular complexity index is 594. The number of hydrogen-bond acceptors (Lipinski definition) is 3. The highest BCUT2D eigenvalue weighted by atomic mass is 16.6. The lowest BCUT2D eigenvalue weighted by atomic mass is 9.88. The summed E-state index contributed by atoms with van der Waals surface area (Å²) in [6.07, 6.45) is 2.40. The molecular formula is C18H18O3. The summed E-state index contributed by atoms with van der Waals surface area (Å²) in [5.41, 5.74) is -0.195. The molecule has 1 atom stereocenters. The van der Waals surface area contributed by atoms with Crippen molar-refractivity contribution in [3.8, 4) is 5.75 Å². The van der Waals surface area contributed by atoms with Gasteiger partial charge >= 0.3 is 5.97 Å². The van der Waals surface area contributed by atoms with Gasteiger partial charge in [0.05, 0.1) is 6.61 Å². The molecule has 0 N–H and O–H groups in total. The van der Waals surface area contributed by atoms with Crippen molar-refractivity contribution >= 4 is 5.97 Å². The van der Waals surface area contributed by atoms with Crippen molar-refractivity contribution in [2.75, 3.05) is 6.61 Å². The molecular weight excluding hydrogens is 264 g/mol. The molecule has 1 fully saturated rings. The predicted octanol–water partition coefficient (Wildman–Crippen LogP) is 3.69. The van der Waals surface area contributed by atoms with E-state index in [1.165, 1.54) is 0 Å². The zero-order valence-electron chi connectivity index (χ0n) is 11.8. The molecule has 1 aliphatic heterocycles. The first kappa shape index (κ1) is 13.7. The van der Waals surface area contributed by atoms with Crippen molar-refractivity contribution in [3.63, 3.8) is 0 Å². The Balaban J connectivity index is 2.03. The number of carbonyl (C=O) groups is 1. The largest absolute Gasteiger partial charge is 0.471 e. The highest BCUT2D eigenvalue weighted by Crippen LogP contribution is 2.36. The lowest BCUT2D eigenvalue weighted by molar-refractivity contribution is -0.162. The molecule has 0 aliphatic carbocycles. The summed E-state index contributed by atoms with van der Waals surface area (Å²) in [7, 11) is 0. The van der Waals surface area contributed by atoms with Crippen LogP contribution in [0.5, 0.6) is 5.75 Å². The Hall–Kier alpha value is -2.29. The van der Waals surface area contributed by atoms with Gasteiger partial charge in [-0.15, -0.1) is 0 Å². The molecule has 3 rings (SSSR count). The number of cyclic esters (lactones) is 1. The van der Waals surface area contributed by atoms with Gasteiger partial charge < -0.3 is 9.47 Å². The van der Waals surface area contributed by atoms with Gasteiger partial charge in [-0.05, 0) is 25.0 Å². The van der Waals surface area contributed by atoms with Crippen LogP contribution in [0.1, 0.15) is 24.8 Å². The molecule has 0 bridgehead atoms. The molecule has 0 amide bonds. The van der Waals surface area contributed by atoms with Gasteiger partial charge in [0.25, 0.3) is 0 Å². The average molecular weight is 282 g/mol. The monoisotopic (exact) mass is 282 g/mol. The maximum absolute atomic E-state index is 12.6. The molecule has 21 heavy (non-hydrogen) atoms. The van der Waals surface area contributed by atoms with Crippen molar-refractivity contribution in [2.24, 2.45) is 0 Å². The third-order valence-electron chi connectivity index (χ3n) is 3.76. The summed E-state index contributed by atoms with van der Waals surface area (Å²) in [4.78, 5) is 12.6. The fraction of sp³-hybridized carbons (Fsp3) is 0.278. The second-order valence-electron chi connectivity index (χ2n) is 5.20. The Kier molecular flexibility index (Phi) is 3.91. The minimum Gasteiger partial charge on any atom is -0.471 e. The number of hydrogen-bond donors (Lipinski definition) is 0. The Morgan fingerprint density at radius 1 is 0.905 bits per heavy atom. The molecule has 0 radical (unpaired) electrons. The fourth-order valence-electron chi connectivity index (χ4n) is 2.67. The van der Waals surface area contributed by atoms with E-state index in [0.717, 1.165) is 18.4 Å². The molecule has 0 saturated carbocycles. The first-order chi connectivity index (χ1) is 10.3. The predicted molar refractivity (Wildman–Crippen MR) is 80.0 cm³/mol. The summed E-state index contributed by atoms with van der Waals surface area (Å²) >= 11 is 0. The van der Waals surface area contributed by atoms with Gasteiger partial charge in [-0.1, -0.05) is 48.5 Å². The van der Waals surface area contributed by atoms with Gasteiger partial charge in [0, 0.05) is 12.0 Å². The molecule has 1 aliphatic rings. The van der Waals surface area contributed by atoms with E-state index in [0.29, 0.717) is 18.8 Å². The Morgan fingerprint density at radius 2 is 1.57 bits per heavy atom. The first-order valence-corrected chi connectivity index (χ1v) is 7.28. The lowest BCUT2D eigenvalue weighted by Crippen LogP contribution is -2.42. The van der Waals surface area contributed by atoms with Gasteiger partial charge in [0.1, 0.15) is 5.75 Å². The van der Waals surface area contributed by atoms with Crippen molar-refractivity contribution in [3.05, 3.63) is 66.2 Å². The van der Waals surface area contributed by atoms with E-state index >= 15 is 0 Å². The van der Waals surface area contributed by atoms with Crippen LogP contribution in [-0.4, -0.2) is 12.6 Å². The minimum absolute atomic E-state index is 0.296. The van der Waals surface area contributed by atoms with E-state index in [9.17, 15) is 4.79 Å². The maximum atomic E-state index is 12.6. The van der Waals surface area contributed by atoms with Crippen LogP contribution in [0.4, 0.5) is 0 Å². The van der Waals surface area contributed by atoms with Gasteiger partial charge in [-0.2, -0.15) is 0 Å². The van der Waals surface area contributed by atoms with Crippen LogP contribution in [-0.2, 0) is 15.1 Å². The van der Waals surface area contributed by atoms with Gasteiger partial charge in [-0.3, -0.25) is 0 Å². The molecule has 108 valence electrons. The van der Waals surface area contributed by atoms with Crippen molar-refractivity contribution in [2.45, 2.75) is 24.9 Å². The first-order valence-electron chi connectivity index (χ1n) is 7.28. The summed E-state index contributed by atoms with van der Waals surface area (Å²) in [5.74, 6) is 0.384. The van der Waals surface area contributed by atoms with E-state index in [-0.39, 0.29) is 5.97 Å².